The lowest BCUT2D eigenvalue weighted by molar-refractivity contribution is 0.0743. The monoisotopic (exact) mass is 549 g/mol. The van der Waals surface area contributed by atoms with Crippen molar-refractivity contribution in [2.75, 3.05) is 38.7 Å². The molecule has 1 unspecified atom stereocenters. The smallest absolute Gasteiger partial charge is 0.170 e. The molecule has 3 aromatic rings. The second kappa shape index (κ2) is 11.9. The van der Waals surface area contributed by atoms with Crippen molar-refractivity contribution >= 4 is 45.2 Å². The average molecular weight is 550 g/mol. The Labute approximate surface area is 222 Å². The van der Waals surface area contributed by atoms with Crippen LogP contribution in [0.2, 0.25) is 5.02 Å². The van der Waals surface area contributed by atoms with Crippen LogP contribution in [-0.2, 0) is 15.9 Å². The fourth-order valence-electron chi connectivity index (χ4n) is 4.53. The number of morpholine rings is 1. The van der Waals surface area contributed by atoms with E-state index in [1.54, 1.807) is 13.2 Å². The van der Waals surface area contributed by atoms with E-state index in [1.807, 2.05) is 16.4 Å². The predicted octanol–water partition coefficient (Wildman–Crippen LogP) is 4.37. The number of ether oxygens (including phenoxy) is 3. The highest BCUT2D eigenvalue weighted by Crippen LogP contribution is 2.37. The Bertz CT molecular complexity index is 1270. The van der Waals surface area contributed by atoms with Gasteiger partial charge < -0.3 is 19.5 Å². The number of hydrogen-bond donors (Lipinski definition) is 2. The second-order valence-electron chi connectivity index (χ2n) is 9.00. The molecular formula is C25H29ClFN5O4S. The third-order valence-corrected chi connectivity index (χ3v) is 8.20. The average Bonchev–Trinajstić information content (AvgIpc) is 2.92. The van der Waals surface area contributed by atoms with E-state index >= 15 is 0 Å². The molecule has 0 bridgehead atoms. The van der Waals surface area contributed by atoms with Crippen molar-refractivity contribution in [1.29, 1.82) is 0 Å². The highest BCUT2D eigenvalue weighted by Gasteiger charge is 2.27. The van der Waals surface area contributed by atoms with Crippen molar-refractivity contribution in [3.63, 3.8) is 0 Å². The van der Waals surface area contributed by atoms with Gasteiger partial charge in [0, 0.05) is 36.3 Å². The maximum atomic E-state index is 13.6. The molecule has 2 N–H and O–H groups in total. The number of anilines is 2. The molecule has 12 heteroatoms. The molecule has 198 valence electrons. The maximum Gasteiger partial charge on any atom is 0.170 e. The summed E-state index contributed by atoms with van der Waals surface area (Å²) in [5, 5.41) is 3.94. The van der Waals surface area contributed by atoms with Gasteiger partial charge in [0.05, 0.1) is 37.0 Å². The fourth-order valence-corrected chi connectivity index (χ4v) is 5.86. The van der Waals surface area contributed by atoms with Gasteiger partial charge in [0.25, 0.3) is 0 Å². The number of fused-ring (bicyclic) bond motifs is 1. The molecule has 2 aromatic carbocycles. The lowest BCUT2D eigenvalue weighted by Crippen LogP contribution is -2.47. The Hall–Kier alpha value is -2.57. The van der Waals surface area contributed by atoms with Crippen LogP contribution in [0.5, 0.6) is 11.5 Å². The van der Waals surface area contributed by atoms with Crippen LogP contribution in [0.25, 0.3) is 10.9 Å². The molecule has 0 radical (unpaired) electrons. The molecule has 5 rings (SSSR count). The quantitative estimate of drug-likeness (QED) is 0.431. The topological polar surface area (TPSA) is 97.8 Å². The highest BCUT2D eigenvalue weighted by molar-refractivity contribution is 7.80. The second-order valence-corrected chi connectivity index (χ2v) is 10.7. The van der Waals surface area contributed by atoms with E-state index in [-0.39, 0.29) is 17.2 Å². The number of halogens is 2. The Morgan fingerprint density at radius 2 is 1.89 bits per heavy atom. The minimum absolute atomic E-state index is 0.00170. The first-order chi connectivity index (χ1) is 18.0. The summed E-state index contributed by atoms with van der Waals surface area (Å²) < 4.78 is 48.7. The molecule has 37 heavy (non-hydrogen) atoms. The Balaban J connectivity index is 1.27. The van der Waals surface area contributed by atoms with Crippen molar-refractivity contribution in [3.05, 3.63) is 47.5 Å². The molecule has 1 aromatic heterocycles. The van der Waals surface area contributed by atoms with E-state index in [9.17, 15) is 8.60 Å². The van der Waals surface area contributed by atoms with Crippen molar-refractivity contribution in [2.45, 2.75) is 37.8 Å². The number of nitrogens with one attached hydrogen (secondary N) is 2. The lowest BCUT2D eigenvalue weighted by Gasteiger charge is -2.32. The number of methoxy groups -OCH3 is 1. The summed E-state index contributed by atoms with van der Waals surface area (Å²) in [5.74, 6) is 1.23. The normalized spacial score (nSPS) is 21.5. The molecule has 1 atom stereocenters. The first kappa shape index (κ1) is 26.1. The number of benzene rings is 2. The van der Waals surface area contributed by atoms with Crippen LogP contribution in [0.3, 0.4) is 0 Å². The number of aromatic nitrogens is 2. The van der Waals surface area contributed by atoms with Crippen molar-refractivity contribution in [2.24, 2.45) is 0 Å². The van der Waals surface area contributed by atoms with Crippen LogP contribution in [0.15, 0.2) is 36.7 Å². The minimum atomic E-state index is -1.20. The number of nitrogens with zero attached hydrogens (tertiary/aromatic N) is 3. The number of hydrogen-bond acceptors (Lipinski definition) is 7. The Morgan fingerprint density at radius 1 is 1.11 bits per heavy atom. The van der Waals surface area contributed by atoms with Gasteiger partial charge in [-0.25, -0.2) is 27.6 Å². The van der Waals surface area contributed by atoms with Crippen LogP contribution in [0.4, 0.5) is 15.9 Å². The molecule has 2 heterocycles. The molecule has 0 spiro atoms. The third kappa shape index (κ3) is 6.29. The van der Waals surface area contributed by atoms with Crippen LogP contribution in [0, 0.1) is 5.82 Å². The van der Waals surface area contributed by atoms with Gasteiger partial charge in [0.2, 0.25) is 0 Å². The van der Waals surface area contributed by atoms with E-state index in [1.165, 1.54) is 18.5 Å². The SMILES string of the molecule is COc1cc2ncnc(Nc3ccc(F)c(Cl)c3)c2cc1OC1CCC(NS(=O)N2CCOCC2)CC1. The van der Waals surface area contributed by atoms with Gasteiger partial charge in [-0.05, 0) is 49.9 Å². The van der Waals surface area contributed by atoms with E-state index in [0.29, 0.717) is 54.8 Å². The van der Waals surface area contributed by atoms with Crippen LogP contribution < -0.4 is 19.5 Å². The summed E-state index contributed by atoms with van der Waals surface area (Å²) in [4.78, 5) is 8.74. The van der Waals surface area contributed by atoms with Gasteiger partial charge >= 0.3 is 0 Å². The first-order valence-electron chi connectivity index (χ1n) is 12.2. The molecule has 1 aliphatic carbocycles. The van der Waals surface area contributed by atoms with Gasteiger partial charge in [-0.1, -0.05) is 11.6 Å². The maximum absolute atomic E-state index is 13.6. The van der Waals surface area contributed by atoms with E-state index < -0.39 is 17.0 Å². The standard InChI is InChI=1S/C25H29ClFN5O4S/c1-34-23-14-22-19(25(29-15-28-22)30-17-4-7-21(27)20(26)12-17)13-24(23)36-18-5-2-16(3-6-18)31-37(33)32-8-10-35-11-9-32/h4,7,12-16,18,31H,2-3,5-6,8-11H2,1H3,(H,28,29,30). The summed E-state index contributed by atoms with van der Waals surface area (Å²) >= 11 is 4.73. The highest BCUT2D eigenvalue weighted by atomic mass is 35.5. The third-order valence-electron chi connectivity index (χ3n) is 6.54. The summed E-state index contributed by atoms with van der Waals surface area (Å²) in [7, 11) is 1.59. The van der Waals surface area contributed by atoms with Gasteiger partial charge in [0.1, 0.15) is 18.0 Å². The molecule has 9 nitrogen and oxygen atoms in total. The summed E-state index contributed by atoms with van der Waals surface area (Å²) in [5.41, 5.74) is 1.28. The van der Waals surface area contributed by atoms with Crippen LogP contribution >= 0.6 is 11.6 Å². The minimum Gasteiger partial charge on any atom is -0.493 e. The van der Waals surface area contributed by atoms with Gasteiger partial charge in [-0.15, -0.1) is 0 Å². The summed E-state index contributed by atoms with van der Waals surface area (Å²) in [6, 6.07) is 8.24. The molecule has 1 saturated carbocycles. The first-order valence-corrected chi connectivity index (χ1v) is 13.7. The Kier molecular flexibility index (Phi) is 8.36. The van der Waals surface area contributed by atoms with E-state index in [0.717, 1.165) is 31.1 Å². The molecule has 2 aliphatic rings. The largest absolute Gasteiger partial charge is 0.493 e. The van der Waals surface area contributed by atoms with Crippen molar-refractivity contribution in [1.82, 2.24) is 19.0 Å². The zero-order chi connectivity index (χ0) is 25.8. The molecular weight excluding hydrogens is 521 g/mol. The summed E-state index contributed by atoms with van der Waals surface area (Å²) in [6.07, 6.45) is 4.81. The van der Waals surface area contributed by atoms with E-state index in [4.69, 9.17) is 25.8 Å². The van der Waals surface area contributed by atoms with Crippen molar-refractivity contribution < 1.29 is 22.8 Å². The zero-order valence-corrected chi connectivity index (χ0v) is 22.0. The van der Waals surface area contributed by atoms with Gasteiger partial charge in [-0.2, -0.15) is 0 Å². The van der Waals surface area contributed by atoms with Crippen molar-refractivity contribution in [3.8, 4) is 11.5 Å². The van der Waals surface area contributed by atoms with Crippen LogP contribution in [0.1, 0.15) is 25.7 Å². The molecule has 1 saturated heterocycles. The summed E-state index contributed by atoms with van der Waals surface area (Å²) in [6.45, 7) is 2.58. The van der Waals surface area contributed by atoms with Gasteiger partial charge in [0.15, 0.2) is 22.7 Å². The molecule has 1 aliphatic heterocycles. The fraction of sp³-hybridized carbons (Fsp3) is 0.440. The number of rotatable bonds is 8. The van der Waals surface area contributed by atoms with Crippen LogP contribution in [-0.4, -0.2) is 64.0 Å². The molecule has 0 amide bonds. The molecule has 2 fully saturated rings. The lowest BCUT2D eigenvalue weighted by atomic mass is 9.93. The zero-order valence-electron chi connectivity index (χ0n) is 20.4. The predicted molar refractivity (Wildman–Crippen MR) is 141 cm³/mol. The van der Waals surface area contributed by atoms with E-state index in [2.05, 4.69) is 20.0 Å². The Morgan fingerprint density at radius 3 is 2.62 bits per heavy atom. The van der Waals surface area contributed by atoms with Gasteiger partial charge in [-0.3, -0.25) is 0 Å².